The van der Waals surface area contributed by atoms with Crippen LogP contribution in [0.2, 0.25) is 10.0 Å². The van der Waals surface area contributed by atoms with Gasteiger partial charge in [-0.05, 0) is 73.2 Å². The molecule has 0 unspecified atom stereocenters. The quantitative estimate of drug-likeness (QED) is 0.444. The van der Waals surface area contributed by atoms with E-state index in [2.05, 4.69) is 13.8 Å². The number of carbonyl (C=O) groups excluding carboxylic acids is 2. The van der Waals surface area contributed by atoms with Crippen LogP contribution in [0, 0.1) is 11.3 Å². The van der Waals surface area contributed by atoms with Crippen molar-refractivity contribution in [3.05, 3.63) is 93.0 Å². The lowest BCUT2D eigenvalue weighted by atomic mass is 9.66. The highest BCUT2D eigenvalue weighted by Gasteiger charge is 2.53. The number of benzene rings is 2. The van der Waals surface area contributed by atoms with Crippen LogP contribution < -0.4 is 0 Å². The van der Waals surface area contributed by atoms with Crippen LogP contribution in [0.25, 0.3) is 0 Å². The summed E-state index contributed by atoms with van der Waals surface area (Å²) in [5.41, 5.74) is 1.96. The van der Waals surface area contributed by atoms with E-state index in [9.17, 15) is 9.59 Å². The van der Waals surface area contributed by atoms with Gasteiger partial charge in [-0.2, -0.15) is 0 Å². The van der Waals surface area contributed by atoms with E-state index in [1.54, 1.807) is 37.3 Å². The van der Waals surface area contributed by atoms with Crippen LogP contribution in [0.5, 0.6) is 0 Å². The van der Waals surface area contributed by atoms with Crippen LogP contribution in [0.4, 0.5) is 0 Å². The normalized spacial score (nSPS) is 19.7. The molecule has 1 aliphatic rings. The Balaban J connectivity index is 2.13. The lowest BCUT2D eigenvalue weighted by molar-refractivity contribution is -0.133. The van der Waals surface area contributed by atoms with Crippen LogP contribution >= 0.6 is 23.2 Å². The van der Waals surface area contributed by atoms with Crippen molar-refractivity contribution >= 4 is 34.8 Å². The van der Waals surface area contributed by atoms with Crippen LogP contribution in [-0.2, 0) is 9.59 Å². The number of carbonyl (C=O) groups is 2. The Bertz CT molecular complexity index is 969. The molecule has 156 valence electrons. The van der Waals surface area contributed by atoms with E-state index < -0.39 is 11.3 Å². The van der Waals surface area contributed by atoms with E-state index in [4.69, 9.17) is 23.2 Å². The standard InChI is InChI=1S/C26H26Cl2O2/c1-5-17(14-16(2)3)22-15-23(29)26(4,25(22)30)24(18-6-10-20(27)11-7-18)19-8-12-21(28)13-9-19/h5-13,15-16,24H,14H2,1-4H3/b17-5+/t26-/m1/s1. The summed E-state index contributed by atoms with van der Waals surface area (Å²) in [7, 11) is 0. The van der Waals surface area contributed by atoms with Gasteiger partial charge in [-0.1, -0.05) is 67.4 Å². The van der Waals surface area contributed by atoms with E-state index in [0.717, 1.165) is 23.1 Å². The SMILES string of the molecule is C/C=C(\CC(C)C)C1=CC(=O)[C@](C)(C(c2ccc(Cl)cc2)c2ccc(Cl)cc2)C1=O. The molecule has 2 nitrogen and oxygen atoms in total. The zero-order chi connectivity index (χ0) is 22.1. The summed E-state index contributed by atoms with van der Waals surface area (Å²) >= 11 is 12.2. The zero-order valence-electron chi connectivity index (χ0n) is 17.7. The van der Waals surface area contributed by atoms with E-state index in [0.29, 0.717) is 21.5 Å². The van der Waals surface area contributed by atoms with Gasteiger partial charge in [0, 0.05) is 21.5 Å². The minimum atomic E-state index is -1.23. The maximum atomic E-state index is 13.8. The van der Waals surface area contributed by atoms with Gasteiger partial charge in [0.2, 0.25) is 0 Å². The van der Waals surface area contributed by atoms with E-state index >= 15 is 0 Å². The molecule has 0 N–H and O–H groups in total. The number of hydrogen-bond donors (Lipinski definition) is 0. The van der Waals surface area contributed by atoms with Gasteiger partial charge >= 0.3 is 0 Å². The summed E-state index contributed by atoms with van der Waals surface area (Å²) in [6, 6.07) is 14.7. The average Bonchev–Trinajstić information content (AvgIpc) is 2.93. The fraction of sp³-hybridized carbons (Fsp3) is 0.308. The number of rotatable bonds is 6. The maximum absolute atomic E-state index is 13.8. The van der Waals surface area contributed by atoms with Gasteiger partial charge in [0.25, 0.3) is 0 Å². The van der Waals surface area contributed by atoms with Gasteiger partial charge in [-0.3, -0.25) is 9.59 Å². The lowest BCUT2D eigenvalue weighted by Gasteiger charge is -2.33. The molecule has 0 amide bonds. The smallest absolute Gasteiger partial charge is 0.177 e. The summed E-state index contributed by atoms with van der Waals surface area (Å²) in [4.78, 5) is 27.1. The van der Waals surface area contributed by atoms with Gasteiger partial charge in [-0.15, -0.1) is 0 Å². The first kappa shape index (κ1) is 22.5. The second-order valence-electron chi connectivity index (χ2n) is 8.40. The third-order valence-corrected chi connectivity index (χ3v) is 6.31. The molecule has 2 aromatic rings. The number of ketones is 2. The molecule has 0 heterocycles. The zero-order valence-corrected chi connectivity index (χ0v) is 19.2. The van der Waals surface area contributed by atoms with Crippen molar-refractivity contribution < 1.29 is 9.59 Å². The molecular weight excluding hydrogens is 415 g/mol. The summed E-state index contributed by atoms with van der Waals surface area (Å²) in [6.07, 6.45) is 4.24. The molecular formula is C26H26Cl2O2. The van der Waals surface area contributed by atoms with Crippen LogP contribution in [0.1, 0.15) is 51.2 Å². The second kappa shape index (κ2) is 8.91. The fourth-order valence-corrected chi connectivity index (χ4v) is 4.49. The molecule has 0 radical (unpaired) electrons. The van der Waals surface area contributed by atoms with Gasteiger partial charge in [-0.25, -0.2) is 0 Å². The topological polar surface area (TPSA) is 34.1 Å². The molecule has 1 atom stereocenters. The molecule has 3 rings (SSSR count). The molecule has 2 aromatic carbocycles. The van der Waals surface area contributed by atoms with Crippen LogP contribution in [0.3, 0.4) is 0 Å². The first-order chi connectivity index (χ1) is 14.2. The Morgan fingerprint density at radius 1 is 0.933 bits per heavy atom. The third kappa shape index (κ3) is 4.17. The number of Topliss-reactive ketones (excluding diaryl/α,β-unsaturated/α-hetero) is 1. The van der Waals surface area contributed by atoms with Crippen molar-refractivity contribution in [2.45, 2.75) is 40.0 Å². The molecule has 0 aliphatic heterocycles. The Hall–Kier alpha value is -2.16. The molecule has 0 fully saturated rings. The first-order valence-corrected chi connectivity index (χ1v) is 10.9. The fourth-order valence-electron chi connectivity index (χ4n) is 4.24. The average molecular weight is 441 g/mol. The largest absolute Gasteiger partial charge is 0.294 e. The number of allylic oxidation sites excluding steroid dienone is 4. The van der Waals surface area contributed by atoms with Crippen LogP contribution in [0.15, 0.2) is 71.8 Å². The van der Waals surface area contributed by atoms with Gasteiger partial charge in [0.15, 0.2) is 11.6 Å². The molecule has 0 aromatic heterocycles. The Morgan fingerprint density at radius 2 is 1.40 bits per heavy atom. The highest BCUT2D eigenvalue weighted by atomic mass is 35.5. The van der Waals surface area contributed by atoms with E-state index in [1.807, 2.05) is 37.3 Å². The van der Waals surface area contributed by atoms with Gasteiger partial charge in [0.05, 0.1) is 0 Å². The lowest BCUT2D eigenvalue weighted by Crippen LogP contribution is -2.38. The van der Waals surface area contributed by atoms with Crippen molar-refractivity contribution in [1.82, 2.24) is 0 Å². The summed E-state index contributed by atoms with van der Waals surface area (Å²) in [5.74, 6) is -0.357. The molecule has 4 heteroatoms. The minimum absolute atomic E-state index is 0.129. The third-order valence-electron chi connectivity index (χ3n) is 5.81. The number of hydrogen-bond acceptors (Lipinski definition) is 2. The number of halogens is 2. The van der Waals surface area contributed by atoms with E-state index in [1.165, 1.54) is 0 Å². The molecule has 1 aliphatic carbocycles. The predicted octanol–water partition coefficient (Wildman–Crippen LogP) is 7.20. The molecule has 0 saturated heterocycles. The first-order valence-electron chi connectivity index (χ1n) is 10.2. The van der Waals surface area contributed by atoms with Crippen molar-refractivity contribution in [2.75, 3.05) is 0 Å². The highest BCUT2D eigenvalue weighted by Crippen LogP contribution is 2.49. The summed E-state index contributed by atoms with van der Waals surface area (Å²) in [5, 5.41) is 1.21. The van der Waals surface area contributed by atoms with Crippen molar-refractivity contribution in [2.24, 2.45) is 11.3 Å². The minimum Gasteiger partial charge on any atom is -0.294 e. The van der Waals surface area contributed by atoms with Gasteiger partial charge in [0.1, 0.15) is 5.41 Å². The monoisotopic (exact) mass is 440 g/mol. The Morgan fingerprint density at radius 3 is 1.80 bits per heavy atom. The second-order valence-corrected chi connectivity index (χ2v) is 9.27. The Labute approximate surface area is 188 Å². The van der Waals surface area contributed by atoms with E-state index in [-0.39, 0.29) is 11.6 Å². The van der Waals surface area contributed by atoms with Crippen molar-refractivity contribution in [3.63, 3.8) is 0 Å². The summed E-state index contributed by atoms with van der Waals surface area (Å²) < 4.78 is 0. The van der Waals surface area contributed by atoms with Crippen LogP contribution in [-0.4, -0.2) is 11.6 Å². The highest BCUT2D eigenvalue weighted by molar-refractivity contribution is 6.31. The Kier molecular flexibility index (Phi) is 6.69. The molecule has 0 spiro atoms. The van der Waals surface area contributed by atoms with Gasteiger partial charge < -0.3 is 0 Å². The van der Waals surface area contributed by atoms with Crippen molar-refractivity contribution in [3.8, 4) is 0 Å². The molecule has 0 saturated carbocycles. The molecule has 30 heavy (non-hydrogen) atoms. The maximum Gasteiger partial charge on any atom is 0.177 e. The predicted molar refractivity (Wildman–Crippen MR) is 124 cm³/mol. The van der Waals surface area contributed by atoms with Crippen molar-refractivity contribution in [1.29, 1.82) is 0 Å². The summed E-state index contributed by atoms with van der Waals surface area (Å²) in [6.45, 7) is 7.89. The molecule has 0 bridgehead atoms.